The fourth-order valence-electron chi connectivity index (χ4n) is 3.18. The van der Waals surface area contributed by atoms with Crippen LogP contribution in [-0.2, 0) is 22.7 Å². The summed E-state index contributed by atoms with van der Waals surface area (Å²) in [6, 6.07) is 13.9. The number of alkyl halides is 3. The van der Waals surface area contributed by atoms with E-state index in [2.05, 4.69) is 10.4 Å². The number of rotatable bonds is 7. The second-order valence-corrected chi connectivity index (χ2v) is 7.24. The molecule has 0 radical (unpaired) electrons. The summed E-state index contributed by atoms with van der Waals surface area (Å²) < 4.78 is 31.7. The van der Waals surface area contributed by atoms with Crippen LogP contribution in [0.3, 0.4) is 0 Å². The lowest BCUT2D eigenvalue weighted by Gasteiger charge is -2.17. The second kappa shape index (κ2) is 11.7. The predicted octanol–water partition coefficient (Wildman–Crippen LogP) is 2.41. The van der Waals surface area contributed by atoms with E-state index in [0.29, 0.717) is 26.1 Å². The molecule has 2 aromatic carbocycles. The smallest absolute Gasteiger partial charge is 0.475 e. The minimum Gasteiger partial charge on any atom is -0.475 e. The highest BCUT2D eigenvalue weighted by Gasteiger charge is 2.38. The monoisotopic (exact) mass is 481 g/mol. The van der Waals surface area contributed by atoms with Crippen LogP contribution in [0.25, 0.3) is 0 Å². The molecule has 1 saturated heterocycles. The standard InChI is InChI=1S/C19H21N5O3.C2HF3O2/c20-22-12-14-3-1-5-16(9-14)13-23-8-7-18(19(23)25)21-11-15-4-2-6-17(10-15)24(26)27;3-2(4,5)1(6)7/h1-6,9-10,12,18,21H,7-8,11,13,20H2;(H,6,7)/t18-;/m0./s1. The molecular weight excluding hydrogens is 459 g/mol. The van der Waals surface area contributed by atoms with E-state index in [1.807, 2.05) is 35.2 Å². The first-order chi connectivity index (χ1) is 16.0. The number of carbonyl (C=O) groups excluding carboxylic acids is 1. The van der Waals surface area contributed by atoms with Gasteiger partial charge in [0.05, 0.1) is 17.2 Å². The molecule has 1 aliphatic rings. The minimum atomic E-state index is -5.08. The van der Waals surface area contributed by atoms with Crippen molar-refractivity contribution in [1.82, 2.24) is 10.2 Å². The van der Waals surface area contributed by atoms with Crippen molar-refractivity contribution in [2.75, 3.05) is 6.54 Å². The molecule has 1 heterocycles. The van der Waals surface area contributed by atoms with Gasteiger partial charge >= 0.3 is 12.1 Å². The summed E-state index contributed by atoms with van der Waals surface area (Å²) in [6.45, 7) is 1.61. The van der Waals surface area contributed by atoms with Crippen molar-refractivity contribution in [3.05, 3.63) is 75.3 Å². The number of nitrogens with two attached hydrogens (primary N) is 1. The number of nitrogens with zero attached hydrogens (tertiary/aromatic N) is 3. The molecule has 0 bridgehead atoms. The van der Waals surface area contributed by atoms with Crippen LogP contribution in [0.1, 0.15) is 23.1 Å². The molecule has 1 aliphatic heterocycles. The van der Waals surface area contributed by atoms with Crippen LogP contribution in [0.15, 0.2) is 53.6 Å². The first kappa shape index (κ1) is 26.3. The number of aliphatic carboxylic acids is 1. The van der Waals surface area contributed by atoms with Crippen molar-refractivity contribution in [3.63, 3.8) is 0 Å². The van der Waals surface area contributed by atoms with Gasteiger partial charge in [0.2, 0.25) is 5.91 Å². The maximum Gasteiger partial charge on any atom is 0.490 e. The highest BCUT2D eigenvalue weighted by atomic mass is 19.4. The number of carboxylic acid groups (broad SMARTS) is 1. The number of nitrogens with one attached hydrogen (secondary N) is 1. The van der Waals surface area contributed by atoms with Crippen molar-refractivity contribution in [2.24, 2.45) is 10.9 Å². The van der Waals surface area contributed by atoms with E-state index in [1.165, 1.54) is 12.1 Å². The third-order valence-corrected chi connectivity index (χ3v) is 4.76. The van der Waals surface area contributed by atoms with Crippen LogP contribution in [0.4, 0.5) is 18.9 Å². The summed E-state index contributed by atoms with van der Waals surface area (Å²) >= 11 is 0. The molecule has 182 valence electrons. The Morgan fingerprint density at radius 3 is 2.53 bits per heavy atom. The molecule has 0 aliphatic carbocycles. The van der Waals surface area contributed by atoms with E-state index in [1.54, 1.807) is 12.3 Å². The zero-order valence-electron chi connectivity index (χ0n) is 17.7. The van der Waals surface area contributed by atoms with E-state index in [4.69, 9.17) is 15.7 Å². The lowest BCUT2D eigenvalue weighted by Crippen LogP contribution is -2.37. The topological polar surface area (TPSA) is 151 Å². The van der Waals surface area contributed by atoms with Gasteiger partial charge in [-0.3, -0.25) is 14.9 Å². The molecule has 4 N–H and O–H groups in total. The average Bonchev–Trinajstić information content (AvgIpc) is 3.12. The largest absolute Gasteiger partial charge is 0.490 e. The van der Waals surface area contributed by atoms with Crippen molar-refractivity contribution >= 4 is 23.8 Å². The summed E-state index contributed by atoms with van der Waals surface area (Å²) in [7, 11) is 0. The van der Waals surface area contributed by atoms with E-state index < -0.39 is 17.1 Å². The first-order valence-corrected chi connectivity index (χ1v) is 9.89. The number of non-ortho nitro benzene ring substituents is 1. The normalized spacial score (nSPS) is 15.8. The Bertz CT molecular complexity index is 1060. The molecule has 0 aromatic heterocycles. The molecule has 13 heteroatoms. The second-order valence-electron chi connectivity index (χ2n) is 7.24. The number of hydrogen-bond donors (Lipinski definition) is 3. The summed E-state index contributed by atoms with van der Waals surface area (Å²) in [6.07, 6.45) is -2.81. The van der Waals surface area contributed by atoms with Crippen molar-refractivity contribution < 1.29 is 32.8 Å². The number of hydrogen-bond acceptors (Lipinski definition) is 7. The highest BCUT2D eigenvalue weighted by Crippen LogP contribution is 2.18. The van der Waals surface area contributed by atoms with Gasteiger partial charge in [0.15, 0.2) is 0 Å². The third kappa shape index (κ3) is 7.85. The fraction of sp³-hybridized carbons (Fsp3) is 0.286. The van der Waals surface area contributed by atoms with Gasteiger partial charge in [-0.1, -0.05) is 30.3 Å². The molecule has 0 saturated carbocycles. The van der Waals surface area contributed by atoms with Gasteiger partial charge in [-0.15, -0.1) is 0 Å². The Balaban J connectivity index is 0.000000509. The quantitative estimate of drug-likeness (QED) is 0.238. The molecule has 34 heavy (non-hydrogen) atoms. The number of likely N-dealkylation sites (tertiary alicyclic amines) is 1. The Kier molecular flexibility index (Phi) is 9.07. The minimum absolute atomic E-state index is 0.0401. The zero-order valence-corrected chi connectivity index (χ0v) is 17.7. The molecular formula is C21H22F3N5O5. The van der Waals surface area contributed by atoms with Crippen LogP contribution in [0.5, 0.6) is 0 Å². The Morgan fingerprint density at radius 1 is 1.26 bits per heavy atom. The molecule has 10 nitrogen and oxygen atoms in total. The lowest BCUT2D eigenvalue weighted by atomic mass is 10.1. The van der Waals surface area contributed by atoms with Gasteiger partial charge in [0, 0.05) is 31.8 Å². The summed E-state index contributed by atoms with van der Waals surface area (Å²) in [5.41, 5.74) is 2.74. The summed E-state index contributed by atoms with van der Waals surface area (Å²) in [5.74, 6) is 2.46. The molecule has 1 fully saturated rings. The van der Waals surface area contributed by atoms with Crippen molar-refractivity contribution in [3.8, 4) is 0 Å². The number of nitro groups is 1. The third-order valence-electron chi connectivity index (χ3n) is 4.76. The Morgan fingerprint density at radius 2 is 1.91 bits per heavy atom. The molecule has 1 atom stereocenters. The van der Waals surface area contributed by atoms with Gasteiger partial charge in [-0.2, -0.15) is 18.3 Å². The maximum absolute atomic E-state index is 12.6. The van der Waals surface area contributed by atoms with Crippen LogP contribution < -0.4 is 11.2 Å². The van der Waals surface area contributed by atoms with Crippen molar-refractivity contribution in [1.29, 1.82) is 0 Å². The first-order valence-electron chi connectivity index (χ1n) is 9.89. The number of carbonyl (C=O) groups is 2. The van der Waals surface area contributed by atoms with E-state index >= 15 is 0 Å². The summed E-state index contributed by atoms with van der Waals surface area (Å²) in [5, 5.41) is 24.7. The fourth-order valence-corrected chi connectivity index (χ4v) is 3.18. The number of nitro benzene ring substituents is 1. The SMILES string of the molecule is NN=Cc1cccc(CN2CC[C@H](NCc3cccc([N+](=O)[O-])c3)C2=O)c1.O=C(O)C(F)(F)F. The number of benzene rings is 2. The summed E-state index contributed by atoms with van der Waals surface area (Å²) in [4.78, 5) is 33.8. The Hall–Kier alpha value is -4.00. The number of halogens is 3. The zero-order chi connectivity index (χ0) is 25.3. The lowest BCUT2D eigenvalue weighted by molar-refractivity contribution is -0.384. The molecule has 0 unspecified atom stereocenters. The van der Waals surface area contributed by atoms with Crippen LogP contribution in [0.2, 0.25) is 0 Å². The Labute approximate surface area is 192 Å². The van der Waals surface area contributed by atoms with Crippen LogP contribution in [0, 0.1) is 10.1 Å². The molecule has 0 spiro atoms. The van der Waals surface area contributed by atoms with E-state index in [-0.39, 0.29) is 17.6 Å². The van der Waals surface area contributed by atoms with Gasteiger partial charge in [0.25, 0.3) is 5.69 Å². The number of carboxylic acids is 1. The van der Waals surface area contributed by atoms with Crippen molar-refractivity contribution in [2.45, 2.75) is 31.7 Å². The van der Waals surface area contributed by atoms with Crippen LogP contribution in [-0.4, -0.2) is 51.8 Å². The molecule has 1 amide bonds. The molecule has 2 aromatic rings. The maximum atomic E-state index is 12.6. The predicted molar refractivity (Wildman–Crippen MR) is 116 cm³/mol. The van der Waals surface area contributed by atoms with Gasteiger partial charge < -0.3 is 21.2 Å². The van der Waals surface area contributed by atoms with Gasteiger partial charge in [-0.25, -0.2) is 4.79 Å². The number of hydrazone groups is 1. The highest BCUT2D eigenvalue weighted by molar-refractivity contribution is 5.84. The number of amides is 1. The van der Waals surface area contributed by atoms with E-state index in [0.717, 1.165) is 16.7 Å². The van der Waals surface area contributed by atoms with Gasteiger partial charge in [0.1, 0.15) is 0 Å². The average molecular weight is 481 g/mol. The van der Waals surface area contributed by atoms with Crippen LogP contribution >= 0.6 is 0 Å². The van der Waals surface area contributed by atoms with Gasteiger partial charge in [-0.05, 0) is 29.2 Å². The molecule has 3 rings (SSSR count). The van der Waals surface area contributed by atoms with E-state index in [9.17, 15) is 28.1 Å².